The minimum Gasteiger partial charge on any atom is -0.494 e. The molecule has 0 aromatic heterocycles. The lowest BCUT2D eigenvalue weighted by atomic mass is 9.83. The third kappa shape index (κ3) is 6.25. The number of ether oxygens (including phenoxy) is 3. The molecule has 1 aromatic rings. The van der Waals surface area contributed by atoms with Crippen LogP contribution in [0.5, 0.6) is 0 Å². The first-order valence-corrected chi connectivity index (χ1v) is 10.7. The van der Waals surface area contributed by atoms with Gasteiger partial charge in [0.2, 0.25) is 0 Å². The highest BCUT2D eigenvalue weighted by molar-refractivity contribution is 5.71. The van der Waals surface area contributed by atoms with E-state index in [1.807, 2.05) is 39.8 Å². The molecule has 30 heavy (non-hydrogen) atoms. The van der Waals surface area contributed by atoms with E-state index in [-0.39, 0.29) is 24.5 Å². The molecule has 1 unspecified atom stereocenters. The van der Waals surface area contributed by atoms with Gasteiger partial charge < -0.3 is 19.1 Å². The van der Waals surface area contributed by atoms with Gasteiger partial charge in [0.15, 0.2) is 0 Å². The van der Waals surface area contributed by atoms with Crippen molar-refractivity contribution in [2.45, 2.75) is 71.4 Å². The summed E-state index contributed by atoms with van der Waals surface area (Å²) in [5.41, 5.74) is 2.68. The van der Waals surface area contributed by atoms with Gasteiger partial charge >= 0.3 is 12.1 Å². The SMILES string of the molecule is C=C(OCC)c1cccc2c1CCCC2N(CCCC(=O)OC)C(=O)OC(C)(C)C. The van der Waals surface area contributed by atoms with Gasteiger partial charge in [-0.2, -0.15) is 0 Å². The number of nitrogens with zero attached hydrogens (tertiary/aromatic N) is 1. The van der Waals surface area contributed by atoms with Gasteiger partial charge in [0.05, 0.1) is 19.8 Å². The predicted octanol–water partition coefficient (Wildman–Crippen LogP) is 5.26. The summed E-state index contributed by atoms with van der Waals surface area (Å²) in [5.74, 6) is 0.378. The number of fused-ring (bicyclic) bond motifs is 1. The quantitative estimate of drug-likeness (QED) is 0.426. The lowest BCUT2D eigenvalue weighted by Gasteiger charge is -2.37. The van der Waals surface area contributed by atoms with E-state index >= 15 is 0 Å². The molecule has 1 aromatic carbocycles. The molecule has 6 nitrogen and oxygen atoms in total. The molecule has 1 aliphatic carbocycles. The number of rotatable bonds is 8. The van der Waals surface area contributed by atoms with Crippen molar-refractivity contribution in [2.75, 3.05) is 20.3 Å². The highest BCUT2D eigenvalue weighted by Crippen LogP contribution is 2.38. The van der Waals surface area contributed by atoms with Gasteiger partial charge in [0.25, 0.3) is 0 Å². The van der Waals surface area contributed by atoms with E-state index in [0.717, 1.165) is 30.4 Å². The van der Waals surface area contributed by atoms with Gasteiger partial charge in [0, 0.05) is 18.5 Å². The number of esters is 1. The fraction of sp³-hybridized carbons (Fsp3) is 0.583. The Morgan fingerprint density at radius 3 is 2.63 bits per heavy atom. The molecule has 0 fully saturated rings. The van der Waals surface area contributed by atoms with E-state index in [0.29, 0.717) is 25.3 Å². The van der Waals surface area contributed by atoms with Crippen LogP contribution < -0.4 is 0 Å². The summed E-state index contributed by atoms with van der Waals surface area (Å²) in [6, 6.07) is 5.96. The Hall–Kier alpha value is -2.50. The molecule has 0 aliphatic heterocycles. The Morgan fingerprint density at radius 2 is 2.00 bits per heavy atom. The van der Waals surface area contributed by atoms with Gasteiger partial charge in [-0.05, 0) is 64.5 Å². The molecule has 2 rings (SSSR count). The number of amides is 1. The first-order valence-electron chi connectivity index (χ1n) is 10.7. The van der Waals surface area contributed by atoms with Crippen molar-refractivity contribution >= 4 is 17.8 Å². The molecule has 1 amide bonds. The van der Waals surface area contributed by atoms with Crippen LogP contribution in [0, 0.1) is 0 Å². The molecule has 0 saturated carbocycles. The van der Waals surface area contributed by atoms with Crippen molar-refractivity contribution < 1.29 is 23.8 Å². The molecule has 6 heteroatoms. The molecule has 0 spiro atoms. The van der Waals surface area contributed by atoms with Crippen LogP contribution in [0.4, 0.5) is 4.79 Å². The normalized spacial score (nSPS) is 15.7. The smallest absolute Gasteiger partial charge is 0.410 e. The zero-order valence-corrected chi connectivity index (χ0v) is 19.0. The molecule has 1 aliphatic rings. The topological polar surface area (TPSA) is 65.1 Å². The second kappa shape index (κ2) is 10.5. The number of benzene rings is 1. The molecule has 0 bridgehead atoms. The zero-order chi connectivity index (χ0) is 22.3. The number of hydrogen-bond acceptors (Lipinski definition) is 5. The van der Waals surface area contributed by atoms with Crippen molar-refractivity contribution in [3.8, 4) is 0 Å². The Morgan fingerprint density at radius 1 is 1.27 bits per heavy atom. The van der Waals surface area contributed by atoms with Crippen LogP contribution >= 0.6 is 0 Å². The van der Waals surface area contributed by atoms with Crippen molar-refractivity contribution in [3.63, 3.8) is 0 Å². The monoisotopic (exact) mass is 417 g/mol. The average molecular weight is 418 g/mol. The van der Waals surface area contributed by atoms with E-state index in [1.165, 1.54) is 12.7 Å². The van der Waals surface area contributed by atoms with E-state index < -0.39 is 5.60 Å². The lowest BCUT2D eigenvalue weighted by Crippen LogP contribution is -2.41. The van der Waals surface area contributed by atoms with Gasteiger partial charge in [-0.1, -0.05) is 24.8 Å². The Labute approximate surface area is 180 Å². The van der Waals surface area contributed by atoms with E-state index in [9.17, 15) is 9.59 Å². The maximum Gasteiger partial charge on any atom is 0.410 e. The highest BCUT2D eigenvalue weighted by atomic mass is 16.6. The first kappa shape index (κ1) is 23.8. The Bertz CT molecular complexity index is 765. The molecular weight excluding hydrogens is 382 g/mol. The van der Waals surface area contributed by atoms with Crippen LogP contribution in [0.3, 0.4) is 0 Å². The molecular formula is C24H35NO5. The molecule has 1 atom stereocenters. The summed E-state index contributed by atoms with van der Waals surface area (Å²) < 4.78 is 16.1. The van der Waals surface area contributed by atoms with E-state index in [2.05, 4.69) is 12.6 Å². The van der Waals surface area contributed by atoms with Crippen molar-refractivity contribution in [1.82, 2.24) is 4.90 Å². The second-order valence-corrected chi connectivity index (χ2v) is 8.49. The first-order chi connectivity index (χ1) is 14.2. The van der Waals surface area contributed by atoms with Crippen molar-refractivity contribution in [3.05, 3.63) is 41.5 Å². The standard InChI is InChI=1S/C24H35NO5/c1-7-29-17(2)18-11-8-13-20-19(18)12-9-14-21(20)25(16-10-15-22(26)28-6)23(27)30-24(3,4)5/h8,11,13,21H,2,7,9-10,12,14-16H2,1,3-6H3. The second-order valence-electron chi connectivity index (χ2n) is 8.49. The highest BCUT2D eigenvalue weighted by Gasteiger charge is 2.33. The van der Waals surface area contributed by atoms with Gasteiger partial charge in [-0.3, -0.25) is 4.79 Å². The van der Waals surface area contributed by atoms with Gasteiger partial charge in [-0.15, -0.1) is 0 Å². The number of hydrogen-bond donors (Lipinski definition) is 0. The predicted molar refractivity (Wildman–Crippen MR) is 117 cm³/mol. The van der Waals surface area contributed by atoms with Crippen LogP contribution in [0.1, 0.15) is 76.1 Å². The van der Waals surface area contributed by atoms with Gasteiger partial charge in [-0.25, -0.2) is 4.79 Å². The van der Waals surface area contributed by atoms with Crippen LogP contribution in [0.15, 0.2) is 24.8 Å². The van der Waals surface area contributed by atoms with E-state index in [4.69, 9.17) is 14.2 Å². The summed E-state index contributed by atoms with van der Waals surface area (Å²) in [6.45, 7) is 12.6. The number of carbonyl (C=O) groups is 2. The summed E-state index contributed by atoms with van der Waals surface area (Å²) in [4.78, 5) is 26.4. The number of methoxy groups -OCH3 is 1. The van der Waals surface area contributed by atoms with Crippen LogP contribution in [0.25, 0.3) is 5.76 Å². The van der Waals surface area contributed by atoms with Crippen molar-refractivity contribution in [1.29, 1.82) is 0 Å². The molecule has 0 saturated heterocycles. The third-order valence-electron chi connectivity index (χ3n) is 5.11. The Balaban J connectivity index is 2.34. The summed E-state index contributed by atoms with van der Waals surface area (Å²) >= 11 is 0. The summed E-state index contributed by atoms with van der Waals surface area (Å²) in [5, 5.41) is 0. The average Bonchev–Trinajstić information content (AvgIpc) is 2.69. The molecule has 0 N–H and O–H groups in total. The van der Waals surface area contributed by atoms with Crippen LogP contribution in [-0.4, -0.2) is 42.8 Å². The fourth-order valence-electron chi connectivity index (χ4n) is 3.85. The maximum atomic E-state index is 13.1. The Kier molecular flexibility index (Phi) is 8.33. The van der Waals surface area contributed by atoms with Crippen LogP contribution in [-0.2, 0) is 25.4 Å². The molecule has 166 valence electrons. The van der Waals surface area contributed by atoms with Gasteiger partial charge in [0.1, 0.15) is 11.4 Å². The minimum atomic E-state index is -0.597. The minimum absolute atomic E-state index is 0.115. The molecule has 0 heterocycles. The third-order valence-corrected chi connectivity index (χ3v) is 5.11. The number of carbonyl (C=O) groups excluding carboxylic acids is 2. The van der Waals surface area contributed by atoms with Crippen LogP contribution in [0.2, 0.25) is 0 Å². The van der Waals surface area contributed by atoms with Crippen molar-refractivity contribution in [2.24, 2.45) is 0 Å². The lowest BCUT2D eigenvalue weighted by molar-refractivity contribution is -0.140. The maximum absolute atomic E-state index is 13.1. The summed E-state index contributed by atoms with van der Waals surface area (Å²) in [7, 11) is 1.37. The molecule has 0 radical (unpaired) electrons. The summed E-state index contributed by atoms with van der Waals surface area (Å²) in [6.07, 6.45) is 3.12. The van der Waals surface area contributed by atoms with E-state index in [1.54, 1.807) is 4.90 Å². The largest absolute Gasteiger partial charge is 0.494 e. The fourth-order valence-corrected chi connectivity index (χ4v) is 3.85. The zero-order valence-electron chi connectivity index (χ0n) is 19.0.